The molecule has 0 spiro atoms. The lowest BCUT2D eigenvalue weighted by Crippen LogP contribution is -2.52. The van der Waals surface area contributed by atoms with Crippen LogP contribution in [0.3, 0.4) is 0 Å². The predicted molar refractivity (Wildman–Crippen MR) is 131 cm³/mol. The summed E-state index contributed by atoms with van der Waals surface area (Å²) in [6.07, 6.45) is 6.36. The third kappa shape index (κ3) is 6.65. The fourth-order valence-corrected chi connectivity index (χ4v) is 4.65. The summed E-state index contributed by atoms with van der Waals surface area (Å²) in [5.74, 6) is -0.749. The van der Waals surface area contributed by atoms with Crippen molar-refractivity contribution in [3.8, 4) is 0 Å². The van der Waals surface area contributed by atoms with Gasteiger partial charge in [-0.2, -0.15) is 4.58 Å². The maximum atomic E-state index is 12.7. The van der Waals surface area contributed by atoms with Crippen LogP contribution < -0.4 is 5.32 Å². The first-order valence-corrected chi connectivity index (χ1v) is 12.4. The van der Waals surface area contributed by atoms with Crippen molar-refractivity contribution >= 4 is 58.8 Å². The fourth-order valence-electron chi connectivity index (χ4n) is 3.48. The van der Waals surface area contributed by atoms with Gasteiger partial charge in [0.05, 0.1) is 23.2 Å². The molecule has 32 heavy (non-hydrogen) atoms. The van der Waals surface area contributed by atoms with Crippen LogP contribution in [0.1, 0.15) is 39.2 Å². The molecule has 0 bridgehead atoms. The van der Waals surface area contributed by atoms with Gasteiger partial charge >= 0.3 is 11.9 Å². The molecule has 6 nitrogen and oxygen atoms in total. The van der Waals surface area contributed by atoms with E-state index in [0.29, 0.717) is 41.5 Å². The molecule has 1 heterocycles. The van der Waals surface area contributed by atoms with Crippen molar-refractivity contribution in [2.45, 2.75) is 44.6 Å². The van der Waals surface area contributed by atoms with E-state index in [2.05, 4.69) is 5.32 Å². The maximum absolute atomic E-state index is 12.7. The molecule has 2 N–H and O–H groups in total. The Balaban J connectivity index is 2.03. The molecule has 0 radical (unpaired) electrons. The van der Waals surface area contributed by atoms with Gasteiger partial charge in [0.1, 0.15) is 19.1 Å². The van der Waals surface area contributed by atoms with Crippen molar-refractivity contribution in [3.63, 3.8) is 0 Å². The summed E-state index contributed by atoms with van der Waals surface area (Å²) in [5, 5.41) is 14.3. The molecule has 1 aliphatic rings. The topological polar surface area (TPSA) is 78.6 Å². The second-order valence-electron chi connectivity index (χ2n) is 8.77. The number of nitrogens with one attached hydrogen (secondary N) is 1. The number of methoxy groups -OCH3 is 1. The fraction of sp³-hybridized carbons (Fsp3) is 0.522. The molecule has 1 atom stereocenters. The van der Waals surface area contributed by atoms with E-state index in [4.69, 9.17) is 27.9 Å². The average Bonchev–Trinajstić information content (AvgIpc) is 2.76. The number of ether oxygens (including phenoxy) is 1. The van der Waals surface area contributed by atoms with E-state index in [1.807, 2.05) is 43.7 Å². The van der Waals surface area contributed by atoms with Crippen LogP contribution in [0.4, 0.5) is 0 Å². The largest absolute Gasteiger partial charge is 0.467 e. The van der Waals surface area contributed by atoms with E-state index in [0.717, 1.165) is 4.90 Å². The second-order valence-corrected chi connectivity index (χ2v) is 10.4. The Hall–Kier alpha value is -1.70. The minimum absolute atomic E-state index is 0.104. The van der Waals surface area contributed by atoms with Crippen LogP contribution in [0.5, 0.6) is 0 Å². The van der Waals surface area contributed by atoms with Crippen LogP contribution in [-0.4, -0.2) is 60.0 Å². The van der Waals surface area contributed by atoms with Gasteiger partial charge < -0.3 is 15.2 Å². The van der Waals surface area contributed by atoms with Gasteiger partial charge in [0.25, 0.3) is 0 Å². The lowest BCUT2D eigenvalue weighted by Gasteiger charge is -2.31. The minimum atomic E-state index is -0.713. The lowest BCUT2D eigenvalue weighted by atomic mass is 9.86. The van der Waals surface area contributed by atoms with Crippen molar-refractivity contribution in [2.24, 2.45) is 11.3 Å². The maximum Gasteiger partial charge on any atom is 0.359 e. The van der Waals surface area contributed by atoms with Crippen LogP contribution in [0, 0.1) is 11.3 Å². The van der Waals surface area contributed by atoms with Gasteiger partial charge in [-0.1, -0.05) is 50.0 Å². The van der Waals surface area contributed by atoms with E-state index < -0.39 is 17.4 Å². The van der Waals surface area contributed by atoms with Gasteiger partial charge in [0, 0.05) is 23.7 Å². The Kier molecular flexibility index (Phi) is 9.49. The highest BCUT2D eigenvalue weighted by Gasteiger charge is 2.37. The van der Waals surface area contributed by atoms with E-state index in [9.17, 15) is 14.7 Å². The van der Waals surface area contributed by atoms with Gasteiger partial charge in [-0.15, -0.1) is 11.8 Å². The normalized spacial score (nSPS) is 17.8. The molecule has 0 aromatic heterocycles. The Bertz CT molecular complexity index is 915. The molecule has 9 heteroatoms. The monoisotopic (exact) mass is 501 g/mol. The summed E-state index contributed by atoms with van der Waals surface area (Å²) >= 11 is 14.1. The number of piperidine rings is 1. The van der Waals surface area contributed by atoms with Gasteiger partial charge in [-0.25, -0.2) is 4.79 Å². The summed E-state index contributed by atoms with van der Waals surface area (Å²) in [6.45, 7) is 6.68. The highest BCUT2D eigenvalue weighted by molar-refractivity contribution is 7.98. The number of aliphatic hydroxyl groups is 1. The number of halogens is 2. The van der Waals surface area contributed by atoms with Crippen LogP contribution in [0.15, 0.2) is 23.1 Å². The molecule has 0 aliphatic carbocycles. The Morgan fingerprint density at radius 1 is 1.25 bits per heavy atom. The van der Waals surface area contributed by atoms with Crippen molar-refractivity contribution in [1.82, 2.24) is 5.32 Å². The number of hydrogen-bond acceptors (Lipinski definition) is 4. The van der Waals surface area contributed by atoms with E-state index in [1.165, 1.54) is 18.9 Å². The Morgan fingerprint density at radius 2 is 1.88 bits per heavy atom. The van der Waals surface area contributed by atoms with Gasteiger partial charge in [-0.3, -0.25) is 4.79 Å². The molecule has 2 rings (SSSR count). The number of nitrogens with zero attached hydrogens (tertiary/aromatic N) is 1. The molecular formula is C23H31Cl2N2O4S+. The SMILES string of the molecule is COC(=O)[C@@H](NC(=O)C1CC[N+](=C(O)/C=C/c2ccc(SC)c(Cl)c2Cl)CC1)C(C)(C)C. The standard InChI is InChI=1S/C23H30Cl2N2O4S/c1-23(2,3)20(22(30)31-4)26-21(29)15-10-12-27(13-11-15)17(28)9-7-14-6-8-16(32-5)19(25)18(14)24/h6-9,15,20H,10-13H2,1-5H3,(H,26,29)/p+1/b9-7+/t20-/m1/s1. The number of amides is 1. The molecule has 0 saturated carbocycles. The van der Waals surface area contributed by atoms with E-state index in [-0.39, 0.29) is 17.7 Å². The number of esters is 1. The first kappa shape index (κ1) is 26.6. The predicted octanol–water partition coefficient (Wildman–Crippen LogP) is 4.81. The molecule has 176 valence electrons. The third-order valence-electron chi connectivity index (χ3n) is 5.49. The molecule has 0 unspecified atom stereocenters. The zero-order chi connectivity index (χ0) is 24.1. The number of carbonyl (C=O) groups is 2. The highest BCUT2D eigenvalue weighted by Crippen LogP contribution is 2.35. The van der Waals surface area contributed by atoms with E-state index in [1.54, 1.807) is 12.2 Å². The quantitative estimate of drug-likeness (QED) is 0.253. The van der Waals surface area contributed by atoms with Crippen LogP contribution in [0.25, 0.3) is 6.08 Å². The third-order valence-corrected chi connectivity index (χ3v) is 7.28. The first-order chi connectivity index (χ1) is 15.0. The molecule has 1 amide bonds. The highest BCUT2D eigenvalue weighted by atomic mass is 35.5. The Morgan fingerprint density at radius 3 is 2.41 bits per heavy atom. The van der Waals surface area contributed by atoms with Gasteiger partial charge in [0.15, 0.2) is 0 Å². The number of benzene rings is 1. The second kappa shape index (κ2) is 11.4. The number of thioether (sulfide) groups is 1. The summed E-state index contributed by atoms with van der Waals surface area (Å²) < 4.78 is 6.66. The molecule has 1 fully saturated rings. The van der Waals surface area contributed by atoms with Crippen molar-refractivity contribution in [3.05, 3.63) is 33.8 Å². The molecule has 1 aliphatic heterocycles. The summed E-state index contributed by atoms with van der Waals surface area (Å²) in [6, 6.07) is 3.03. The van der Waals surface area contributed by atoms with Crippen molar-refractivity contribution < 1.29 is 24.0 Å². The minimum Gasteiger partial charge on any atom is -0.467 e. The number of carbonyl (C=O) groups excluding carboxylic acids is 2. The Labute approximate surface area is 204 Å². The van der Waals surface area contributed by atoms with Crippen molar-refractivity contribution in [2.75, 3.05) is 26.5 Å². The van der Waals surface area contributed by atoms with Gasteiger partial charge in [0.2, 0.25) is 5.91 Å². The van der Waals surface area contributed by atoms with Gasteiger partial charge in [-0.05, 0) is 29.4 Å². The van der Waals surface area contributed by atoms with Crippen LogP contribution in [0.2, 0.25) is 10.0 Å². The number of aliphatic hydroxyl groups excluding tert-OH is 1. The zero-order valence-corrected chi connectivity index (χ0v) is 21.4. The average molecular weight is 502 g/mol. The van der Waals surface area contributed by atoms with Crippen LogP contribution in [-0.2, 0) is 14.3 Å². The van der Waals surface area contributed by atoms with Crippen molar-refractivity contribution in [1.29, 1.82) is 0 Å². The van der Waals surface area contributed by atoms with E-state index >= 15 is 0 Å². The smallest absolute Gasteiger partial charge is 0.359 e. The molecule has 1 saturated heterocycles. The van der Waals surface area contributed by atoms with Crippen LogP contribution >= 0.6 is 35.0 Å². The lowest BCUT2D eigenvalue weighted by molar-refractivity contribution is -0.546. The summed E-state index contributed by atoms with van der Waals surface area (Å²) in [5.41, 5.74) is 0.254. The summed E-state index contributed by atoms with van der Waals surface area (Å²) in [7, 11) is 1.32. The zero-order valence-electron chi connectivity index (χ0n) is 19.1. The number of hydrogen-bond donors (Lipinski definition) is 2. The molecule has 1 aromatic carbocycles. The molecular weight excluding hydrogens is 471 g/mol. The first-order valence-electron chi connectivity index (χ1n) is 10.4. The molecule has 1 aromatic rings. The number of rotatable bonds is 6. The summed E-state index contributed by atoms with van der Waals surface area (Å²) in [4.78, 5) is 25.7.